The number of nitrogens with one attached hydrogen (secondary N) is 2. The van der Waals surface area contributed by atoms with Crippen molar-refractivity contribution in [3.8, 4) is 0 Å². The van der Waals surface area contributed by atoms with Crippen LogP contribution in [-0.4, -0.2) is 27.7 Å². The van der Waals surface area contributed by atoms with Gasteiger partial charge in [-0.15, -0.1) is 11.8 Å². The summed E-state index contributed by atoms with van der Waals surface area (Å²) >= 11 is 1.66. The number of carbonyl (C=O) groups is 1. The number of hydrogen-bond donors (Lipinski definition) is 2. The van der Waals surface area contributed by atoms with Crippen LogP contribution < -0.4 is 5.32 Å². The molecule has 1 aliphatic heterocycles. The maximum Gasteiger partial charge on any atom is 0.233 e. The monoisotopic (exact) mass is 273 g/mol. The summed E-state index contributed by atoms with van der Waals surface area (Å²) in [6.45, 7) is 0.647. The van der Waals surface area contributed by atoms with Crippen LogP contribution >= 0.6 is 11.8 Å². The third-order valence-electron chi connectivity index (χ3n) is 3.19. The highest BCUT2D eigenvalue weighted by atomic mass is 32.2. The topological polar surface area (TPSA) is 57.8 Å². The molecule has 0 spiro atoms. The van der Waals surface area contributed by atoms with Gasteiger partial charge >= 0.3 is 0 Å². The molecule has 2 N–H and O–H groups in total. The van der Waals surface area contributed by atoms with Crippen LogP contribution in [0.4, 0.5) is 0 Å². The molecule has 0 aliphatic carbocycles. The highest BCUT2D eigenvalue weighted by molar-refractivity contribution is 8.01. The number of H-pyrrole nitrogens is 1. The molecule has 2 aromatic rings. The number of rotatable bonds is 4. The maximum atomic E-state index is 12.1. The minimum absolute atomic E-state index is 0.0131. The normalized spacial score (nSPS) is 17.2. The second-order valence-corrected chi connectivity index (χ2v) is 5.78. The average molecular weight is 273 g/mol. The predicted octanol–water partition coefficient (Wildman–Crippen LogP) is 1.79. The second-order valence-electron chi connectivity index (χ2n) is 4.54. The number of thioether (sulfide) groups is 1. The van der Waals surface area contributed by atoms with Crippen LogP contribution in [0, 0.1) is 0 Å². The van der Waals surface area contributed by atoms with Crippen molar-refractivity contribution in [2.24, 2.45) is 0 Å². The molecule has 4 nitrogen and oxygen atoms in total. The number of carbonyl (C=O) groups excluding carboxylic acids is 1. The first-order valence-corrected chi connectivity index (χ1v) is 7.20. The number of benzene rings is 1. The zero-order valence-electron chi connectivity index (χ0n) is 10.4. The van der Waals surface area contributed by atoms with Gasteiger partial charge in [0.1, 0.15) is 0 Å². The van der Waals surface area contributed by atoms with E-state index >= 15 is 0 Å². The van der Waals surface area contributed by atoms with Gasteiger partial charge in [0.25, 0.3) is 0 Å². The molecule has 0 fully saturated rings. The molecule has 1 aromatic heterocycles. The Bertz CT molecular complexity index is 543. The molecule has 19 heavy (non-hydrogen) atoms. The number of aromatic amines is 1. The summed E-state index contributed by atoms with van der Waals surface area (Å²) in [5.41, 5.74) is 2.32. The Balaban J connectivity index is 1.50. The van der Waals surface area contributed by atoms with Gasteiger partial charge in [0.15, 0.2) is 0 Å². The summed E-state index contributed by atoms with van der Waals surface area (Å²) in [5, 5.41) is 3.00. The summed E-state index contributed by atoms with van der Waals surface area (Å²) in [4.78, 5) is 20.3. The van der Waals surface area contributed by atoms with E-state index in [-0.39, 0.29) is 11.2 Å². The molecule has 3 rings (SSSR count). The SMILES string of the molecule is O=C(NCCc1cnc[nH]1)[C@H]1Cc2ccccc2S1. The van der Waals surface area contributed by atoms with E-state index in [4.69, 9.17) is 0 Å². The van der Waals surface area contributed by atoms with Crippen molar-refractivity contribution in [1.29, 1.82) is 0 Å². The predicted molar refractivity (Wildman–Crippen MR) is 75.1 cm³/mol. The molecule has 5 heteroatoms. The Morgan fingerprint density at radius 3 is 3.16 bits per heavy atom. The number of imidazole rings is 1. The highest BCUT2D eigenvalue weighted by Crippen LogP contribution is 2.36. The van der Waals surface area contributed by atoms with E-state index in [0.29, 0.717) is 6.54 Å². The van der Waals surface area contributed by atoms with Crippen molar-refractivity contribution in [3.63, 3.8) is 0 Å². The van der Waals surface area contributed by atoms with E-state index < -0.39 is 0 Å². The van der Waals surface area contributed by atoms with Crippen molar-refractivity contribution < 1.29 is 4.79 Å². The van der Waals surface area contributed by atoms with Crippen LogP contribution in [0.15, 0.2) is 41.7 Å². The first kappa shape index (κ1) is 12.3. The van der Waals surface area contributed by atoms with Gasteiger partial charge in [0.2, 0.25) is 5.91 Å². The van der Waals surface area contributed by atoms with Gasteiger partial charge in [-0.2, -0.15) is 0 Å². The third kappa shape index (κ3) is 2.81. The van der Waals surface area contributed by atoms with Crippen molar-refractivity contribution in [3.05, 3.63) is 48.0 Å². The Morgan fingerprint density at radius 1 is 1.47 bits per heavy atom. The van der Waals surface area contributed by atoms with E-state index in [1.807, 2.05) is 12.1 Å². The molecule has 1 aromatic carbocycles. The Labute approximate surface area is 116 Å². The molecular weight excluding hydrogens is 258 g/mol. The molecule has 1 amide bonds. The molecular formula is C14H15N3OS. The van der Waals surface area contributed by atoms with Crippen molar-refractivity contribution in [2.45, 2.75) is 23.0 Å². The standard InChI is InChI=1S/C14H15N3OS/c18-14(16-6-5-11-8-15-9-17-11)13-7-10-3-1-2-4-12(10)19-13/h1-4,8-9,13H,5-7H2,(H,15,17)(H,16,18)/t13-/m1/s1. The quantitative estimate of drug-likeness (QED) is 0.893. The molecule has 0 saturated heterocycles. The minimum Gasteiger partial charge on any atom is -0.355 e. The fraction of sp³-hybridized carbons (Fsp3) is 0.286. The second kappa shape index (κ2) is 5.48. The Hall–Kier alpha value is -1.75. The van der Waals surface area contributed by atoms with Gasteiger partial charge < -0.3 is 10.3 Å². The number of nitrogens with zero attached hydrogens (tertiary/aromatic N) is 1. The molecule has 1 aliphatic rings. The number of aromatic nitrogens is 2. The van der Waals surface area contributed by atoms with E-state index in [2.05, 4.69) is 27.4 Å². The van der Waals surface area contributed by atoms with E-state index in [0.717, 1.165) is 18.5 Å². The van der Waals surface area contributed by atoms with Gasteiger partial charge in [0.05, 0.1) is 11.6 Å². The lowest BCUT2D eigenvalue weighted by Gasteiger charge is -2.09. The summed E-state index contributed by atoms with van der Waals surface area (Å²) in [6.07, 6.45) is 5.06. The number of fused-ring (bicyclic) bond motifs is 1. The highest BCUT2D eigenvalue weighted by Gasteiger charge is 2.27. The van der Waals surface area contributed by atoms with E-state index in [1.165, 1.54) is 10.5 Å². The lowest BCUT2D eigenvalue weighted by atomic mass is 10.1. The average Bonchev–Trinajstić information content (AvgIpc) is 3.07. The molecule has 1 atom stereocenters. The molecule has 0 radical (unpaired) electrons. The molecule has 2 heterocycles. The van der Waals surface area contributed by atoms with E-state index in [9.17, 15) is 4.79 Å². The summed E-state index contributed by atoms with van der Waals surface area (Å²) in [5.74, 6) is 0.126. The van der Waals surface area contributed by atoms with Gasteiger partial charge in [-0.05, 0) is 18.1 Å². The van der Waals surface area contributed by atoms with Crippen LogP contribution in [0.5, 0.6) is 0 Å². The lowest BCUT2D eigenvalue weighted by Crippen LogP contribution is -2.33. The lowest BCUT2D eigenvalue weighted by molar-refractivity contribution is -0.120. The fourth-order valence-electron chi connectivity index (χ4n) is 2.18. The van der Waals surface area contributed by atoms with Crippen LogP contribution in [-0.2, 0) is 17.6 Å². The van der Waals surface area contributed by atoms with Crippen molar-refractivity contribution in [1.82, 2.24) is 15.3 Å². The first-order chi connectivity index (χ1) is 9.33. The molecule has 98 valence electrons. The van der Waals surface area contributed by atoms with Crippen LogP contribution in [0.25, 0.3) is 0 Å². The van der Waals surface area contributed by atoms with Crippen LogP contribution in [0.1, 0.15) is 11.3 Å². The molecule has 0 bridgehead atoms. The van der Waals surface area contributed by atoms with Gasteiger partial charge in [-0.25, -0.2) is 4.98 Å². The smallest absolute Gasteiger partial charge is 0.233 e. The first-order valence-electron chi connectivity index (χ1n) is 6.32. The van der Waals surface area contributed by atoms with Crippen LogP contribution in [0.3, 0.4) is 0 Å². The maximum absolute atomic E-state index is 12.1. The zero-order valence-corrected chi connectivity index (χ0v) is 11.2. The Morgan fingerprint density at radius 2 is 2.37 bits per heavy atom. The molecule has 0 saturated carbocycles. The summed E-state index contributed by atoms with van der Waals surface area (Å²) in [6, 6.07) is 8.22. The fourth-order valence-corrected chi connectivity index (χ4v) is 3.40. The number of hydrogen-bond acceptors (Lipinski definition) is 3. The number of amides is 1. The minimum atomic E-state index is 0.0131. The van der Waals surface area contributed by atoms with Crippen molar-refractivity contribution >= 4 is 17.7 Å². The van der Waals surface area contributed by atoms with Gasteiger partial charge in [0, 0.05) is 29.8 Å². The van der Waals surface area contributed by atoms with Crippen LogP contribution in [0.2, 0.25) is 0 Å². The van der Waals surface area contributed by atoms with E-state index in [1.54, 1.807) is 24.3 Å². The summed E-state index contributed by atoms with van der Waals surface area (Å²) < 4.78 is 0. The summed E-state index contributed by atoms with van der Waals surface area (Å²) in [7, 11) is 0. The zero-order chi connectivity index (χ0) is 13.1. The third-order valence-corrected chi connectivity index (χ3v) is 4.51. The molecule has 0 unspecified atom stereocenters. The van der Waals surface area contributed by atoms with Gasteiger partial charge in [-0.1, -0.05) is 18.2 Å². The van der Waals surface area contributed by atoms with Crippen molar-refractivity contribution in [2.75, 3.05) is 6.54 Å². The largest absolute Gasteiger partial charge is 0.355 e. The van der Waals surface area contributed by atoms with Gasteiger partial charge in [-0.3, -0.25) is 4.79 Å². The Kier molecular flexibility index (Phi) is 3.55.